The van der Waals surface area contributed by atoms with Crippen molar-refractivity contribution < 1.29 is 14.6 Å². The van der Waals surface area contributed by atoms with Crippen LogP contribution in [0.1, 0.15) is 6.42 Å². The van der Waals surface area contributed by atoms with Crippen molar-refractivity contribution in [1.82, 2.24) is 4.90 Å². The van der Waals surface area contributed by atoms with Crippen LogP contribution < -0.4 is 4.89 Å². The van der Waals surface area contributed by atoms with Gasteiger partial charge in [0.05, 0.1) is 0 Å². The number of carbonyl (C=O) groups excluding carboxylic acids is 1. The number of hydrogen-bond acceptors (Lipinski definition) is 3. The molecule has 0 unspecified atom stereocenters. The lowest BCUT2D eigenvalue weighted by Gasteiger charge is -2.28. The average molecular weight is 319 g/mol. The first-order valence-electron chi connectivity index (χ1n) is 4.65. The summed E-state index contributed by atoms with van der Waals surface area (Å²) < 4.78 is 1.11. The smallest absolute Gasteiger partial charge is 0.305 e. The molecule has 1 fully saturated rings. The van der Waals surface area contributed by atoms with Gasteiger partial charge in [0.2, 0.25) is 0 Å². The second-order valence-electron chi connectivity index (χ2n) is 3.23. The van der Waals surface area contributed by atoms with E-state index in [4.69, 9.17) is 4.89 Å². The summed E-state index contributed by atoms with van der Waals surface area (Å²) in [4.78, 5) is 22.4. The zero-order chi connectivity index (χ0) is 10.7. The fourth-order valence-electron chi connectivity index (χ4n) is 1.13. The number of benzene rings is 1. The maximum atomic E-state index is 11.2. The van der Waals surface area contributed by atoms with E-state index in [-0.39, 0.29) is 0 Å². The van der Waals surface area contributed by atoms with Gasteiger partial charge in [-0.05, 0) is 53.3 Å². The van der Waals surface area contributed by atoms with E-state index in [1.165, 1.54) is 0 Å². The van der Waals surface area contributed by atoms with Crippen LogP contribution in [-0.4, -0.2) is 24.1 Å². The van der Waals surface area contributed by atoms with Crippen LogP contribution in [0.4, 0.5) is 4.79 Å². The molecule has 0 spiro atoms. The molecule has 1 saturated heterocycles. The first-order valence-corrected chi connectivity index (χ1v) is 5.72. The van der Waals surface area contributed by atoms with Crippen molar-refractivity contribution in [2.75, 3.05) is 13.1 Å². The molecule has 4 nitrogen and oxygen atoms in total. The minimum Gasteiger partial charge on any atom is -0.305 e. The van der Waals surface area contributed by atoms with E-state index in [1.807, 2.05) is 12.1 Å². The molecule has 2 rings (SSSR count). The molecule has 0 atom stereocenters. The lowest BCUT2D eigenvalue weighted by Crippen LogP contribution is -2.42. The summed E-state index contributed by atoms with van der Waals surface area (Å²) in [6, 6.07) is 7.27. The van der Waals surface area contributed by atoms with Crippen LogP contribution in [0, 0.1) is 3.57 Å². The Balaban J connectivity index is 1.82. The Morgan fingerprint density at radius 2 is 1.93 bits per heavy atom. The van der Waals surface area contributed by atoms with Crippen molar-refractivity contribution in [1.29, 1.82) is 0 Å². The fourth-order valence-corrected chi connectivity index (χ4v) is 1.48. The van der Waals surface area contributed by atoms with Crippen LogP contribution in [0.15, 0.2) is 24.3 Å². The molecule has 80 valence electrons. The molecule has 0 radical (unpaired) electrons. The van der Waals surface area contributed by atoms with Gasteiger partial charge in [-0.2, -0.15) is 0 Å². The topological polar surface area (TPSA) is 38.8 Å². The van der Waals surface area contributed by atoms with E-state index < -0.39 is 6.09 Å². The zero-order valence-electron chi connectivity index (χ0n) is 7.98. The molecule has 0 saturated carbocycles. The summed E-state index contributed by atoms with van der Waals surface area (Å²) in [6.45, 7) is 1.52. The van der Waals surface area contributed by atoms with Gasteiger partial charge in [-0.1, -0.05) is 0 Å². The molecule has 0 bridgehead atoms. The van der Waals surface area contributed by atoms with Gasteiger partial charge in [0, 0.05) is 16.7 Å². The van der Waals surface area contributed by atoms with Gasteiger partial charge >= 0.3 is 6.09 Å². The quantitative estimate of drug-likeness (QED) is 0.477. The van der Waals surface area contributed by atoms with Gasteiger partial charge in [0.25, 0.3) is 0 Å². The lowest BCUT2D eigenvalue weighted by molar-refractivity contribution is -0.157. The summed E-state index contributed by atoms with van der Waals surface area (Å²) in [5.74, 6) is 0.532. The summed E-state index contributed by atoms with van der Waals surface area (Å²) in [6.07, 6.45) is 0.623. The highest BCUT2D eigenvalue weighted by molar-refractivity contribution is 14.1. The molecule has 1 aliphatic rings. The summed E-state index contributed by atoms with van der Waals surface area (Å²) in [5.41, 5.74) is 0. The number of carbonyl (C=O) groups is 1. The molecule has 0 aliphatic carbocycles. The highest BCUT2D eigenvalue weighted by Gasteiger charge is 2.22. The SMILES string of the molecule is O=C(OOc1ccc(I)cc1)N1CCC1. The maximum absolute atomic E-state index is 11.2. The number of halogens is 1. The Kier molecular flexibility index (Phi) is 3.30. The third-order valence-corrected chi connectivity index (χ3v) is 2.86. The normalized spacial score (nSPS) is 14.3. The molecule has 1 aromatic rings. The second kappa shape index (κ2) is 4.69. The number of likely N-dealkylation sites (tertiary alicyclic amines) is 1. The molecule has 0 N–H and O–H groups in total. The van der Waals surface area contributed by atoms with Gasteiger partial charge in [-0.25, -0.2) is 9.68 Å². The Bertz CT molecular complexity index is 348. The number of amides is 1. The molecule has 1 aliphatic heterocycles. The molecular formula is C10H10INO3. The highest BCUT2D eigenvalue weighted by Crippen LogP contribution is 2.15. The molecule has 5 heteroatoms. The van der Waals surface area contributed by atoms with Gasteiger partial charge in [-0.3, -0.25) is 4.89 Å². The minimum absolute atomic E-state index is 0.417. The summed E-state index contributed by atoms with van der Waals surface area (Å²) in [5, 5.41) is 0. The Labute approximate surface area is 101 Å². The van der Waals surface area contributed by atoms with E-state index in [9.17, 15) is 4.79 Å². The number of hydrogen-bond donors (Lipinski definition) is 0. The zero-order valence-corrected chi connectivity index (χ0v) is 10.1. The molecule has 1 aromatic carbocycles. The Hall–Kier alpha value is -0.980. The van der Waals surface area contributed by atoms with Gasteiger partial charge in [0.15, 0.2) is 5.75 Å². The average Bonchev–Trinajstić information content (AvgIpc) is 2.14. The molecule has 1 heterocycles. The van der Waals surface area contributed by atoms with Crippen molar-refractivity contribution >= 4 is 28.7 Å². The molecule has 1 amide bonds. The third kappa shape index (κ3) is 2.74. The van der Waals surface area contributed by atoms with Crippen LogP contribution >= 0.6 is 22.6 Å². The van der Waals surface area contributed by atoms with Crippen molar-refractivity contribution in [2.45, 2.75) is 6.42 Å². The van der Waals surface area contributed by atoms with E-state index in [2.05, 4.69) is 27.5 Å². The van der Waals surface area contributed by atoms with Gasteiger partial charge in [0.1, 0.15) is 0 Å². The molecule has 15 heavy (non-hydrogen) atoms. The monoisotopic (exact) mass is 319 g/mol. The maximum Gasteiger partial charge on any atom is 0.452 e. The third-order valence-electron chi connectivity index (χ3n) is 2.14. The largest absolute Gasteiger partial charge is 0.452 e. The van der Waals surface area contributed by atoms with E-state index >= 15 is 0 Å². The first-order chi connectivity index (χ1) is 7.25. The summed E-state index contributed by atoms with van der Waals surface area (Å²) >= 11 is 2.19. The molecule has 0 aromatic heterocycles. The number of rotatable bonds is 2. The van der Waals surface area contributed by atoms with Crippen LogP contribution in [0.5, 0.6) is 5.75 Å². The van der Waals surface area contributed by atoms with E-state index in [0.717, 1.165) is 23.1 Å². The van der Waals surface area contributed by atoms with Crippen molar-refractivity contribution in [3.05, 3.63) is 27.8 Å². The van der Waals surface area contributed by atoms with Crippen LogP contribution in [0.3, 0.4) is 0 Å². The van der Waals surface area contributed by atoms with Crippen molar-refractivity contribution in [2.24, 2.45) is 0 Å². The lowest BCUT2D eigenvalue weighted by atomic mass is 10.2. The Morgan fingerprint density at radius 1 is 1.27 bits per heavy atom. The van der Waals surface area contributed by atoms with E-state index in [1.54, 1.807) is 17.0 Å². The minimum atomic E-state index is -0.417. The standard InChI is InChI=1S/C10H10INO3/c11-8-2-4-9(5-3-8)14-15-10(13)12-6-1-7-12/h2-5H,1,6-7H2. The summed E-state index contributed by atoms with van der Waals surface area (Å²) in [7, 11) is 0. The predicted molar refractivity (Wildman–Crippen MR) is 62.5 cm³/mol. The van der Waals surface area contributed by atoms with Gasteiger partial charge in [-0.15, -0.1) is 0 Å². The van der Waals surface area contributed by atoms with Crippen LogP contribution in [-0.2, 0) is 4.89 Å². The van der Waals surface area contributed by atoms with Crippen molar-refractivity contribution in [3.63, 3.8) is 0 Å². The second-order valence-corrected chi connectivity index (χ2v) is 4.47. The predicted octanol–water partition coefficient (Wildman–Crippen LogP) is 2.43. The molecular weight excluding hydrogens is 309 g/mol. The van der Waals surface area contributed by atoms with Crippen LogP contribution in [0.2, 0.25) is 0 Å². The highest BCUT2D eigenvalue weighted by atomic mass is 127. The first kappa shape index (κ1) is 10.5. The van der Waals surface area contributed by atoms with E-state index in [0.29, 0.717) is 5.75 Å². The van der Waals surface area contributed by atoms with Gasteiger partial charge < -0.3 is 4.90 Å². The van der Waals surface area contributed by atoms with Crippen molar-refractivity contribution in [3.8, 4) is 5.75 Å². The number of nitrogens with zero attached hydrogens (tertiary/aromatic N) is 1. The van der Waals surface area contributed by atoms with Crippen LogP contribution in [0.25, 0.3) is 0 Å². The Morgan fingerprint density at radius 3 is 2.47 bits per heavy atom. The fraction of sp³-hybridized carbons (Fsp3) is 0.300.